The molecule has 104 valence electrons. The van der Waals surface area contributed by atoms with E-state index in [-0.39, 0.29) is 0 Å². The zero-order valence-corrected chi connectivity index (χ0v) is 16.2. The molecule has 1 unspecified atom stereocenters. The molecule has 1 aromatic heterocycles. The van der Waals surface area contributed by atoms with Crippen LogP contribution in [0.1, 0.15) is 48.9 Å². The van der Waals surface area contributed by atoms with Crippen LogP contribution in [-0.2, 0) is 0 Å². The van der Waals surface area contributed by atoms with Gasteiger partial charge in [-0.3, -0.25) is 0 Å². The van der Waals surface area contributed by atoms with Gasteiger partial charge in [-0.25, -0.2) is 0 Å². The molecule has 1 atom stereocenters. The fourth-order valence-electron chi connectivity index (χ4n) is 5.34. The molecule has 0 saturated heterocycles. The molecule has 0 spiro atoms. The summed E-state index contributed by atoms with van der Waals surface area (Å²) >= 11 is 13.3. The Morgan fingerprint density at radius 1 is 1.05 bits per heavy atom. The van der Waals surface area contributed by atoms with Gasteiger partial charge in [0.25, 0.3) is 0 Å². The van der Waals surface area contributed by atoms with Crippen molar-refractivity contribution in [2.75, 3.05) is 0 Å². The highest BCUT2D eigenvalue weighted by Gasteiger charge is 2.54. The zero-order valence-electron chi connectivity index (χ0n) is 10.7. The van der Waals surface area contributed by atoms with Crippen LogP contribution >= 0.6 is 59.1 Å². The van der Waals surface area contributed by atoms with E-state index in [9.17, 15) is 0 Å². The first-order chi connectivity index (χ1) is 9.06. The summed E-state index contributed by atoms with van der Waals surface area (Å²) < 4.78 is 2.54. The third-order valence-corrected chi connectivity index (χ3v) is 9.43. The standard InChI is InChI=1S/C15H17Br3S/c16-12-4-11(14(18)19-12)13(17)15-5-8-1-9(6-15)3-10(2-8)7-15/h4,8-10,13H,1-3,5-7H2. The molecule has 19 heavy (non-hydrogen) atoms. The molecule has 4 aliphatic rings. The first-order valence-electron chi connectivity index (χ1n) is 7.14. The second-order valence-electron chi connectivity index (χ2n) is 6.92. The van der Waals surface area contributed by atoms with E-state index < -0.39 is 0 Å². The average Bonchev–Trinajstić information content (AvgIpc) is 2.65. The minimum absolute atomic E-state index is 0.533. The van der Waals surface area contributed by atoms with Crippen molar-refractivity contribution >= 4 is 59.1 Å². The minimum atomic E-state index is 0.533. The van der Waals surface area contributed by atoms with E-state index in [1.807, 2.05) is 0 Å². The van der Waals surface area contributed by atoms with Crippen LogP contribution in [0, 0.1) is 23.2 Å². The number of rotatable bonds is 2. The number of hydrogen-bond acceptors (Lipinski definition) is 1. The monoisotopic (exact) mass is 466 g/mol. The second-order valence-corrected chi connectivity index (χ2v) is 11.6. The summed E-state index contributed by atoms with van der Waals surface area (Å²) in [7, 11) is 0. The number of alkyl halides is 1. The lowest BCUT2D eigenvalue weighted by atomic mass is 9.48. The third-order valence-electron chi connectivity index (χ3n) is 5.58. The molecular formula is C15H17Br3S. The summed E-state index contributed by atoms with van der Waals surface area (Å²) in [5.74, 6) is 3.06. The highest BCUT2D eigenvalue weighted by molar-refractivity contribution is 9.12. The average molecular weight is 469 g/mol. The largest absolute Gasteiger partial charge is 0.121 e. The lowest BCUT2D eigenvalue weighted by Gasteiger charge is -2.58. The number of thiophene rings is 1. The lowest BCUT2D eigenvalue weighted by Crippen LogP contribution is -2.47. The number of hydrogen-bond donors (Lipinski definition) is 0. The molecular weight excluding hydrogens is 452 g/mol. The SMILES string of the molecule is Brc1cc(C(Br)C23CC4CC(CC(C4)C2)C3)c(Br)s1. The van der Waals surface area contributed by atoms with E-state index in [2.05, 4.69) is 53.9 Å². The van der Waals surface area contributed by atoms with Crippen LogP contribution in [0.2, 0.25) is 0 Å². The predicted molar refractivity (Wildman–Crippen MR) is 92.0 cm³/mol. The molecule has 5 rings (SSSR count). The van der Waals surface area contributed by atoms with Crippen molar-refractivity contribution in [3.05, 3.63) is 19.2 Å². The smallest absolute Gasteiger partial charge is 0.0754 e. The third kappa shape index (κ3) is 2.24. The van der Waals surface area contributed by atoms with Crippen LogP contribution in [0.25, 0.3) is 0 Å². The Balaban J connectivity index is 1.69. The molecule has 1 heterocycles. The van der Waals surface area contributed by atoms with Crippen molar-refractivity contribution in [1.29, 1.82) is 0 Å². The van der Waals surface area contributed by atoms with Gasteiger partial charge < -0.3 is 0 Å². The Morgan fingerprint density at radius 3 is 2.00 bits per heavy atom. The maximum absolute atomic E-state index is 4.09. The van der Waals surface area contributed by atoms with Gasteiger partial charge in [0, 0.05) is 4.83 Å². The lowest BCUT2D eigenvalue weighted by molar-refractivity contribution is -0.0528. The molecule has 0 aromatic carbocycles. The van der Waals surface area contributed by atoms with Crippen molar-refractivity contribution in [3.8, 4) is 0 Å². The summed E-state index contributed by atoms with van der Waals surface area (Å²) in [6.45, 7) is 0. The van der Waals surface area contributed by atoms with E-state index in [0.717, 1.165) is 17.8 Å². The highest BCUT2D eigenvalue weighted by Crippen LogP contribution is 2.66. The normalized spacial score (nSPS) is 41.7. The van der Waals surface area contributed by atoms with E-state index in [1.165, 1.54) is 51.7 Å². The molecule has 4 aliphatic carbocycles. The van der Waals surface area contributed by atoms with Gasteiger partial charge in [0.1, 0.15) is 0 Å². The van der Waals surface area contributed by atoms with E-state index in [4.69, 9.17) is 0 Å². The molecule has 4 saturated carbocycles. The molecule has 1 aromatic rings. The summed E-state index contributed by atoms with van der Waals surface area (Å²) in [6.07, 6.45) is 8.92. The van der Waals surface area contributed by atoms with Crippen molar-refractivity contribution in [3.63, 3.8) is 0 Å². The molecule has 0 amide bonds. The molecule has 0 nitrogen and oxygen atoms in total. The van der Waals surface area contributed by atoms with Gasteiger partial charge in [-0.2, -0.15) is 0 Å². The minimum Gasteiger partial charge on any atom is -0.121 e. The van der Waals surface area contributed by atoms with Crippen molar-refractivity contribution in [1.82, 2.24) is 0 Å². The van der Waals surface area contributed by atoms with Crippen molar-refractivity contribution in [2.24, 2.45) is 23.2 Å². The Kier molecular flexibility index (Phi) is 3.50. The van der Waals surface area contributed by atoms with Crippen molar-refractivity contribution in [2.45, 2.75) is 43.4 Å². The summed E-state index contributed by atoms with van der Waals surface area (Å²) in [5.41, 5.74) is 2.01. The molecule has 4 bridgehead atoms. The van der Waals surface area contributed by atoms with Gasteiger partial charge in [0.15, 0.2) is 0 Å². The number of halogens is 3. The Morgan fingerprint density at radius 2 is 1.58 bits per heavy atom. The molecule has 0 radical (unpaired) electrons. The van der Waals surface area contributed by atoms with E-state index >= 15 is 0 Å². The first kappa shape index (κ1) is 13.8. The maximum atomic E-state index is 4.09. The van der Waals surface area contributed by atoms with Crippen LogP contribution < -0.4 is 0 Å². The van der Waals surface area contributed by atoms with Crippen LogP contribution in [0.4, 0.5) is 0 Å². The molecule has 4 heteroatoms. The van der Waals surface area contributed by atoms with Gasteiger partial charge in [0.05, 0.1) is 7.57 Å². The van der Waals surface area contributed by atoms with Crippen LogP contribution in [-0.4, -0.2) is 0 Å². The molecule has 0 N–H and O–H groups in total. The van der Waals surface area contributed by atoms with Gasteiger partial charge in [-0.15, -0.1) is 11.3 Å². The summed E-state index contributed by atoms with van der Waals surface area (Å²) in [4.78, 5) is 0.533. The Hall–Kier alpha value is 1.14. The van der Waals surface area contributed by atoms with Gasteiger partial charge in [0.2, 0.25) is 0 Å². The zero-order chi connectivity index (χ0) is 13.2. The van der Waals surface area contributed by atoms with Crippen LogP contribution in [0.3, 0.4) is 0 Å². The quantitative estimate of drug-likeness (QED) is 0.413. The van der Waals surface area contributed by atoms with Crippen LogP contribution in [0.5, 0.6) is 0 Å². The Bertz CT molecular complexity index is 472. The first-order valence-corrected chi connectivity index (χ1v) is 10.5. The molecule has 0 aliphatic heterocycles. The molecule has 4 fully saturated rings. The van der Waals surface area contributed by atoms with Gasteiger partial charge >= 0.3 is 0 Å². The van der Waals surface area contributed by atoms with Gasteiger partial charge in [-0.1, -0.05) is 15.9 Å². The van der Waals surface area contributed by atoms with E-state index in [1.54, 1.807) is 11.3 Å². The Labute approximate surface area is 144 Å². The van der Waals surface area contributed by atoms with Crippen molar-refractivity contribution < 1.29 is 0 Å². The van der Waals surface area contributed by atoms with Crippen LogP contribution in [0.15, 0.2) is 13.6 Å². The summed E-state index contributed by atoms with van der Waals surface area (Å²) in [6, 6.07) is 2.31. The summed E-state index contributed by atoms with van der Waals surface area (Å²) in [5, 5.41) is 0. The predicted octanol–water partition coefficient (Wildman–Crippen LogP) is 6.93. The fraction of sp³-hybridized carbons (Fsp3) is 0.733. The fourth-order valence-corrected chi connectivity index (χ4v) is 9.63. The van der Waals surface area contributed by atoms with Gasteiger partial charge in [-0.05, 0) is 105 Å². The topological polar surface area (TPSA) is 0 Å². The second kappa shape index (κ2) is 4.82. The van der Waals surface area contributed by atoms with E-state index in [0.29, 0.717) is 10.2 Å². The highest BCUT2D eigenvalue weighted by atomic mass is 79.9. The maximum Gasteiger partial charge on any atom is 0.0754 e.